The minimum absolute atomic E-state index is 0.0276. The third-order valence-corrected chi connectivity index (χ3v) is 6.50. The van der Waals surface area contributed by atoms with E-state index in [9.17, 15) is 4.79 Å². The Morgan fingerprint density at radius 2 is 1.91 bits per heavy atom. The molecule has 1 fully saturated rings. The average molecular weight is 485 g/mol. The van der Waals surface area contributed by atoms with Gasteiger partial charge in [-0.25, -0.2) is 0 Å². The second-order valence-corrected chi connectivity index (χ2v) is 8.79. The number of piperidine rings is 1. The monoisotopic (exact) mass is 484 g/mol. The summed E-state index contributed by atoms with van der Waals surface area (Å²) in [5.74, 6) is 2.38. The van der Waals surface area contributed by atoms with E-state index in [1.807, 2.05) is 43.3 Å². The van der Waals surface area contributed by atoms with Crippen molar-refractivity contribution in [3.8, 4) is 22.9 Å². The van der Waals surface area contributed by atoms with Crippen molar-refractivity contribution in [3.05, 3.63) is 58.9 Å². The van der Waals surface area contributed by atoms with Crippen LogP contribution in [0.25, 0.3) is 11.4 Å². The van der Waals surface area contributed by atoms with Crippen molar-refractivity contribution >= 4 is 17.5 Å². The van der Waals surface area contributed by atoms with E-state index >= 15 is 0 Å². The van der Waals surface area contributed by atoms with Gasteiger partial charge in [-0.2, -0.15) is 4.98 Å². The number of benzene rings is 2. The van der Waals surface area contributed by atoms with Gasteiger partial charge in [-0.1, -0.05) is 35.0 Å². The van der Waals surface area contributed by atoms with E-state index in [0.29, 0.717) is 34.8 Å². The van der Waals surface area contributed by atoms with Crippen LogP contribution in [0.3, 0.4) is 0 Å². The van der Waals surface area contributed by atoms with E-state index in [1.165, 1.54) is 0 Å². The molecule has 0 spiro atoms. The van der Waals surface area contributed by atoms with Crippen molar-refractivity contribution in [1.29, 1.82) is 0 Å². The summed E-state index contributed by atoms with van der Waals surface area (Å²) < 4.78 is 16.1. The molecular weight excluding hydrogens is 456 g/mol. The first-order valence-electron chi connectivity index (χ1n) is 11.3. The highest BCUT2D eigenvalue weighted by Gasteiger charge is 2.27. The zero-order valence-corrected chi connectivity index (χ0v) is 20.3. The predicted molar refractivity (Wildman–Crippen MR) is 129 cm³/mol. The zero-order valence-electron chi connectivity index (χ0n) is 19.6. The van der Waals surface area contributed by atoms with Crippen LogP contribution >= 0.6 is 11.6 Å². The van der Waals surface area contributed by atoms with Gasteiger partial charge < -0.3 is 19.3 Å². The van der Waals surface area contributed by atoms with Crippen LogP contribution in [-0.2, 0) is 11.3 Å². The molecule has 1 N–H and O–H groups in total. The van der Waals surface area contributed by atoms with Gasteiger partial charge in [-0.15, -0.1) is 0 Å². The Morgan fingerprint density at radius 1 is 1.18 bits per heavy atom. The summed E-state index contributed by atoms with van der Waals surface area (Å²) in [6, 6.07) is 13.0. The molecule has 9 heteroatoms. The number of halogens is 1. The summed E-state index contributed by atoms with van der Waals surface area (Å²) in [5.41, 5.74) is 1.72. The first kappa shape index (κ1) is 24.0. The normalized spacial score (nSPS) is 15.6. The molecule has 1 saturated heterocycles. The molecule has 0 saturated carbocycles. The van der Waals surface area contributed by atoms with E-state index in [-0.39, 0.29) is 17.9 Å². The summed E-state index contributed by atoms with van der Waals surface area (Å²) in [5, 5.41) is 7.79. The summed E-state index contributed by atoms with van der Waals surface area (Å²) in [6.07, 6.45) is 1.55. The first-order valence-corrected chi connectivity index (χ1v) is 11.7. The van der Waals surface area contributed by atoms with Crippen molar-refractivity contribution in [1.82, 2.24) is 20.4 Å². The van der Waals surface area contributed by atoms with Crippen LogP contribution in [0, 0.1) is 5.92 Å². The molecule has 3 aromatic rings. The second-order valence-electron chi connectivity index (χ2n) is 8.39. The highest BCUT2D eigenvalue weighted by Crippen LogP contribution is 2.30. The second kappa shape index (κ2) is 10.9. The molecule has 0 aliphatic carbocycles. The molecule has 180 valence electrons. The SMILES string of the molecule is COc1ccc(C(C)NC(=O)C2CCN(Cc3nc(-c4ccccc4Cl)no3)CC2)cc1OC. The van der Waals surface area contributed by atoms with E-state index in [2.05, 4.69) is 20.4 Å². The highest BCUT2D eigenvalue weighted by molar-refractivity contribution is 6.33. The quantitative estimate of drug-likeness (QED) is 0.503. The van der Waals surface area contributed by atoms with E-state index in [1.54, 1.807) is 20.3 Å². The molecule has 1 aromatic heterocycles. The van der Waals surface area contributed by atoms with Gasteiger partial charge in [0.15, 0.2) is 11.5 Å². The van der Waals surface area contributed by atoms with Gasteiger partial charge in [0.1, 0.15) is 0 Å². The van der Waals surface area contributed by atoms with Crippen LogP contribution in [-0.4, -0.2) is 48.3 Å². The number of nitrogens with one attached hydrogen (secondary N) is 1. The number of nitrogens with zero attached hydrogens (tertiary/aromatic N) is 3. The largest absolute Gasteiger partial charge is 0.493 e. The molecule has 8 nitrogen and oxygen atoms in total. The standard InChI is InChI=1S/C25H29ClN4O4/c1-16(18-8-9-21(32-2)22(14-18)33-3)27-25(31)17-10-12-30(13-11-17)15-23-28-24(29-34-23)19-6-4-5-7-20(19)26/h4-9,14,16-17H,10-13,15H2,1-3H3,(H,27,31). The Kier molecular flexibility index (Phi) is 7.70. The Balaban J connectivity index is 1.28. The molecule has 34 heavy (non-hydrogen) atoms. The fourth-order valence-corrected chi connectivity index (χ4v) is 4.37. The van der Waals surface area contributed by atoms with Crippen LogP contribution < -0.4 is 14.8 Å². The molecule has 2 heterocycles. The Bertz CT molecular complexity index is 1130. The number of aromatic nitrogens is 2. The maximum atomic E-state index is 12.9. The van der Waals surface area contributed by atoms with Gasteiger partial charge in [-0.3, -0.25) is 9.69 Å². The van der Waals surface area contributed by atoms with Crippen LogP contribution in [0.2, 0.25) is 5.02 Å². The third kappa shape index (κ3) is 5.51. The van der Waals surface area contributed by atoms with Crippen LogP contribution in [0.5, 0.6) is 11.5 Å². The molecule has 1 amide bonds. The fraction of sp³-hybridized carbons (Fsp3) is 0.400. The van der Waals surface area contributed by atoms with Gasteiger partial charge in [0, 0.05) is 11.5 Å². The smallest absolute Gasteiger partial charge is 0.241 e. The Labute approximate surface area is 204 Å². The van der Waals surface area contributed by atoms with Crippen molar-refractivity contribution in [2.45, 2.75) is 32.4 Å². The number of amides is 1. The highest BCUT2D eigenvalue weighted by atomic mass is 35.5. The summed E-state index contributed by atoms with van der Waals surface area (Å²) in [7, 11) is 3.20. The predicted octanol–water partition coefficient (Wildman–Crippen LogP) is 4.50. The lowest BCUT2D eigenvalue weighted by molar-refractivity contribution is -0.127. The lowest BCUT2D eigenvalue weighted by Crippen LogP contribution is -2.40. The molecule has 2 aromatic carbocycles. The van der Waals surface area contributed by atoms with E-state index < -0.39 is 0 Å². The summed E-state index contributed by atoms with van der Waals surface area (Å²) in [6.45, 7) is 4.09. The number of hydrogen-bond acceptors (Lipinski definition) is 7. The van der Waals surface area contributed by atoms with Gasteiger partial charge >= 0.3 is 0 Å². The van der Waals surface area contributed by atoms with Crippen LogP contribution in [0.15, 0.2) is 47.0 Å². The summed E-state index contributed by atoms with van der Waals surface area (Å²) in [4.78, 5) is 19.6. The molecular formula is C25H29ClN4O4. The molecule has 1 aliphatic heterocycles. The van der Waals surface area contributed by atoms with E-state index in [4.69, 9.17) is 25.6 Å². The number of carbonyl (C=O) groups is 1. The number of likely N-dealkylation sites (tertiary alicyclic amines) is 1. The fourth-order valence-electron chi connectivity index (χ4n) is 4.15. The zero-order chi connectivity index (χ0) is 24.1. The van der Waals surface area contributed by atoms with Crippen LogP contribution in [0.1, 0.15) is 37.3 Å². The number of hydrogen-bond donors (Lipinski definition) is 1. The number of ether oxygens (including phenoxy) is 2. The lowest BCUT2D eigenvalue weighted by Gasteiger charge is -2.31. The topological polar surface area (TPSA) is 89.7 Å². The first-order chi connectivity index (χ1) is 16.5. The number of carbonyl (C=O) groups excluding carboxylic acids is 1. The molecule has 0 radical (unpaired) electrons. The molecule has 1 atom stereocenters. The molecule has 1 aliphatic rings. The van der Waals surface area contributed by atoms with Crippen molar-refractivity contribution in [2.24, 2.45) is 5.92 Å². The van der Waals surface area contributed by atoms with Gasteiger partial charge in [0.2, 0.25) is 17.6 Å². The number of methoxy groups -OCH3 is 2. The van der Waals surface area contributed by atoms with Crippen LogP contribution in [0.4, 0.5) is 0 Å². The van der Waals surface area contributed by atoms with Gasteiger partial charge in [-0.05, 0) is 62.7 Å². The lowest BCUT2D eigenvalue weighted by atomic mass is 9.95. The maximum Gasteiger partial charge on any atom is 0.241 e. The Morgan fingerprint density at radius 3 is 2.62 bits per heavy atom. The summed E-state index contributed by atoms with van der Waals surface area (Å²) >= 11 is 6.23. The van der Waals surface area contributed by atoms with Crippen molar-refractivity contribution in [3.63, 3.8) is 0 Å². The Hall–Kier alpha value is -3.10. The maximum absolute atomic E-state index is 12.9. The van der Waals surface area contributed by atoms with Gasteiger partial charge in [0.25, 0.3) is 0 Å². The minimum Gasteiger partial charge on any atom is -0.493 e. The molecule has 0 bridgehead atoms. The third-order valence-electron chi connectivity index (χ3n) is 6.17. The minimum atomic E-state index is -0.132. The molecule has 4 rings (SSSR count). The molecule has 1 unspecified atom stereocenters. The number of rotatable bonds is 8. The van der Waals surface area contributed by atoms with Crippen molar-refractivity contribution in [2.75, 3.05) is 27.3 Å². The van der Waals surface area contributed by atoms with Gasteiger partial charge in [0.05, 0.1) is 31.8 Å². The van der Waals surface area contributed by atoms with E-state index in [0.717, 1.165) is 37.1 Å². The van der Waals surface area contributed by atoms with Crippen molar-refractivity contribution < 1.29 is 18.8 Å². The average Bonchev–Trinajstić information content (AvgIpc) is 3.32.